The number of hydrogen-bond donors (Lipinski definition) is 3. The Bertz CT molecular complexity index is 477. The SMILES string of the molecule is O=C(c1cc(O)ccc1O)N1C[C@H]2CNC[C@H]2C1. The summed E-state index contributed by atoms with van der Waals surface area (Å²) in [5.41, 5.74) is 0.183. The molecular formula is C13H16N2O3. The molecule has 0 aliphatic carbocycles. The summed E-state index contributed by atoms with van der Waals surface area (Å²) in [5, 5.41) is 22.4. The fraction of sp³-hybridized carbons (Fsp3) is 0.462. The normalized spacial score (nSPS) is 26.3. The van der Waals surface area contributed by atoms with E-state index in [4.69, 9.17) is 0 Å². The molecule has 0 saturated carbocycles. The van der Waals surface area contributed by atoms with E-state index in [9.17, 15) is 15.0 Å². The van der Waals surface area contributed by atoms with E-state index < -0.39 is 0 Å². The van der Waals surface area contributed by atoms with Gasteiger partial charge in [0, 0.05) is 26.2 Å². The Labute approximate surface area is 105 Å². The lowest BCUT2D eigenvalue weighted by atomic mass is 10.0. The Morgan fingerprint density at radius 3 is 2.56 bits per heavy atom. The molecule has 5 nitrogen and oxygen atoms in total. The molecule has 0 radical (unpaired) electrons. The van der Waals surface area contributed by atoms with Crippen molar-refractivity contribution in [2.75, 3.05) is 26.2 Å². The Morgan fingerprint density at radius 1 is 1.22 bits per heavy atom. The highest BCUT2D eigenvalue weighted by molar-refractivity contribution is 5.97. The van der Waals surface area contributed by atoms with Gasteiger partial charge in [-0.15, -0.1) is 0 Å². The van der Waals surface area contributed by atoms with Crippen molar-refractivity contribution in [1.82, 2.24) is 10.2 Å². The number of amides is 1. The van der Waals surface area contributed by atoms with Crippen LogP contribution in [0.3, 0.4) is 0 Å². The number of phenolic OH excluding ortho intramolecular Hbond substituents is 2. The maximum atomic E-state index is 12.3. The first kappa shape index (κ1) is 11.3. The molecule has 3 N–H and O–H groups in total. The number of phenols is 2. The molecule has 1 aromatic rings. The number of benzene rings is 1. The van der Waals surface area contributed by atoms with E-state index in [1.807, 2.05) is 0 Å². The summed E-state index contributed by atoms with van der Waals surface area (Å²) in [7, 11) is 0. The van der Waals surface area contributed by atoms with Crippen LogP contribution in [0.5, 0.6) is 11.5 Å². The number of hydrogen-bond acceptors (Lipinski definition) is 4. The Balaban J connectivity index is 1.81. The monoisotopic (exact) mass is 248 g/mol. The summed E-state index contributed by atoms with van der Waals surface area (Å²) in [4.78, 5) is 14.1. The largest absolute Gasteiger partial charge is 0.508 e. The smallest absolute Gasteiger partial charge is 0.257 e. The van der Waals surface area contributed by atoms with Crippen LogP contribution < -0.4 is 5.32 Å². The van der Waals surface area contributed by atoms with Crippen LogP contribution in [0.15, 0.2) is 18.2 Å². The van der Waals surface area contributed by atoms with Gasteiger partial charge in [0.15, 0.2) is 0 Å². The molecule has 0 unspecified atom stereocenters. The zero-order chi connectivity index (χ0) is 12.7. The fourth-order valence-corrected chi connectivity index (χ4v) is 2.89. The lowest BCUT2D eigenvalue weighted by molar-refractivity contribution is 0.0778. The second-order valence-electron chi connectivity index (χ2n) is 5.09. The number of aromatic hydroxyl groups is 2. The Kier molecular flexibility index (Phi) is 2.63. The van der Waals surface area contributed by atoms with Crippen LogP contribution in [0.2, 0.25) is 0 Å². The molecule has 96 valence electrons. The number of likely N-dealkylation sites (tertiary alicyclic amines) is 1. The van der Waals surface area contributed by atoms with Gasteiger partial charge in [-0.25, -0.2) is 0 Å². The minimum Gasteiger partial charge on any atom is -0.508 e. The number of carbonyl (C=O) groups excluding carboxylic acids is 1. The van der Waals surface area contributed by atoms with Crippen molar-refractivity contribution < 1.29 is 15.0 Å². The lowest BCUT2D eigenvalue weighted by Crippen LogP contribution is -2.31. The predicted octanol–water partition coefficient (Wildman–Crippen LogP) is 0.389. The average molecular weight is 248 g/mol. The van der Waals surface area contributed by atoms with Crippen LogP contribution >= 0.6 is 0 Å². The van der Waals surface area contributed by atoms with Gasteiger partial charge < -0.3 is 20.4 Å². The molecule has 1 aromatic carbocycles. The van der Waals surface area contributed by atoms with E-state index in [2.05, 4.69) is 5.32 Å². The van der Waals surface area contributed by atoms with Crippen LogP contribution in [0.1, 0.15) is 10.4 Å². The van der Waals surface area contributed by atoms with Gasteiger partial charge in [0.25, 0.3) is 5.91 Å². The first-order valence-corrected chi connectivity index (χ1v) is 6.17. The van der Waals surface area contributed by atoms with Crippen molar-refractivity contribution in [3.05, 3.63) is 23.8 Å². The topological polar surface area (TPSA) is 72.8 Å². The molecule has 0 aromatic heterocycles. The van der Waals surface area contributed by atoms with Crippen molar-refractivity contribution in [1.29, 1.82) is 0 Å². The summed E-state index contributed by atoms with van der Waals surface area (Å²) in [6.07, 6.45) is 0. The fourth-order valence-electron chi connectivity index (χ4n) is 2.89. The third-order valence-corrected chi connectivity index (χ3v) is 3.89. The summed E-state index contributed by atoms with van der Waals surface area (Å²) in [6, 6.07) is 4.04. The molecule has 2 fully saturated rings. The number of nitrogens with one attached hydrogen (secondary N) is 1. The van der Waals surface area contributed by atoms with Crippen LogP contribution in [-0.2, 0) is 0 Å². The van der Waals surface area contributed by atoms with Crippen LogP contribution in [0.4, 0.5) is 0 Å². The standard InChI is InChI=1S/C13H16N2O3/c16-10-1-2-12(17)11(3-10)13(18)15-6-8-4-14-5-9(8)7-15/h1-3,8-9,14,16-17H,4-7H2/t8-,9+. The molecule has 2 aliphatic heterocycles. The molecule has 5 heteroatoms. The van der Waals surface area contributed by atoms with E-state index >= 15 is 0 Å². The maximum absolute atomic E-state index is 12.3. The van der Waals surface area contributed by atoms with Crippen molar-refractivity contribution in [3.63, 3.8) is 0 Å². The average Bonchev–Trinajstić information content (AvgIpc) is 2.91. The summed E-state index contributed by atoms with van der Waals surface area (Å²) in [6.45, 7) is 3.37. The molecule has 1 amide bonds. The highest BCUT2D eigenvalue weighted by Crippen LogP contribution is 2.30. The molecule has 3 rings (SSSR count). The van der Waals surface area contributed by atoms with Gasteiger partial charge in [0.1, 0.15) is 11.5 Å². The molecule has 2 atom stereocenters. The van der Waals surface area contributed by atoms with E-state index in [1.165, 1.54) is 18.2 Å². The predicted molar refractivity (Wildman–Crippen MR) is 65.5 cm³/mol. The van der Waals surface area contributed by atoms with Crippen molar-refractivity contribution in [2.45, 2.75) is 0 Å². The molecule has 0 bridgehead atoms. The van der Waals surface area contributed by atoms with E-state index in [0.29, 0.717) is 11.8 Å². The molecule has 2 saturated heterocycles. The van der Waals surface area contributed by atoms with Crippen molar-refractivity contribution in [3.8, 4) is 11.5 Å². The van der Waals surface area contributed by atoms with Crippen LogP contribution in [0, 0.1) is 11.8 Å². The van der Waals surface area contributed by atoms with Gasteiger partial charge in [-0.2, -0.15) is 0 Å². The van der Waals surface area contributed by atoms with E-state index in [1.54, 1.807) is 4.90 Å². The van der Waals surface area contributed by atoms with Crippen LogP contribution in [0.25, 0.3) is 0 Å². The zero-order valence-corrected chi connectivity index (χ0v) is 9.97. The highest BCUT2D eigenvalue weighted by Gasteiger charge is 2.38. The molecular weight excluding hydrogens is 232 g/mol. The first-order valence-electron chi connectivity index (χ1n) is 6.17. The maximum Gasteiger partial charge on any atom is 0.257 e. The molecule has 18 heavy (non-hydrogen) atoms. The summed E-state index contributed by atoms with van der Waals surface area (Å²) >= 11 is 0. The quantitative estimate of drug-likeness (QED) is 0.629. The minimum atomic E-state index is -0.196. The second kappa shape index (κ2) is 4.17. The van der Waals surface area contributed by atoms with Gasteiger partial charge in [-0.3, -0.25) is 4.79 Å². The van der Waals surface area contributed by atoms with Gasteiger partial charge >= 0.3 is 0 Å². The number of rotatable bonds is 1. The zero-order valence-electron chi connectivity index (χ0n) is 9.97. The summed E-state index contributed by atoms with van der Waals surface area (Å²) < 4.78 is 0. The molecule has 2 aliphatic rings. The lowest BCUT2D eigenvalue weighted by Gasteiger charge is -2.18. The van der Waals surface area contributed by atoms with Crippen molar-refractivity contribution >= 4 is 5.91 Å². The van der Waals surface area contributed by atoms with Crippen molar-refractivity contribution in [2.24, 2.45) is 11.8 Å². The third kappa shape index (κ3) is 1.80. The second-order valence-corrected chi connectivity index (χ2v) is 5.09. The number of fused-ring (bicyclic) bond motifs is 1. The van der Waals surface area contributed by atoms with Gasteiger partial charge in [-0.05, 0) is 30.0 Å². The summed E-state index contributed by atoms with van der Waals surface area (Å²) in [5.74, 6) is 0.768. The number of nitrogens with zero attached hydrogens (tertiary/aromatic N) is 1. The van der Waals surface area contributed by atoms with Gasteiger partial charge in [-0.1, -0.05) is 0 Å². The van der Waals surface area contributed by atoms with Crippen LogP contribution in [-0.4, -0.2) is 47.2 Å². The van der Waals surface area contributed by atoms with Gasteiger partial charge in [0.2, 0.25) is 0 Å². The Hall–Kier alpha value is -1.75. The minimum absolute atomic E-state index is 0.00259. The first-order chi connectivity index (χ1) is 8.65. The Morgan fingerprint density at radius 2 is 1.89 bits per heavy atom. The van der Waals surface area contributed by atoms with E-state index in [0.717, 1.165) is 26.2 Å². The third-order valence-electron chi connectivity index (χ3n) is 3.89. The molecule has 2 heterocycles. The van der Waals surface area contributed by atoms with E-state index in [-0.39, 0.29) is 23.0 Å². The molecule has 0 spiro atoms. The number of carbonyl (C=O) groups is 1. The highest BCUT2D eigenvalue weighted by atomic mass is 16.3. The van der Waals surface area contributed by atoms with Gasteiger partial charge in [0.05, 0.1) is 5.56 Å².